The summed E-state index contributed by atoms with van der Waals surface area (Å²) < 4.78 is 7.46. The summed E-state index contributed by atoms with van der Waals surface area (Å²) in [5.74, 6) is 0.902. The number of carbonyl (C=O) groups is 1. The Hall–Kier alpha value is -1.77. The quantitative estimate of drug-likeness (QED) is 0.771. The van der Waals surface area contributed by atoms with Gasteiger partial charge in [0.05, 0.1) is 7.11 Å². The first kappa shape index (κ1) is 12.7. The molecule has 0 N–H and O–H groups in total. The maximum Gasteiger partial charge on any atom is 0.162 e. The van der Waals surface area contributed by atoms with Crippen LogP contribution in [0.2, 0.25) is 0 Å². The number of hydrogen-bond acceptors (Lipinski definition) is 2. The maximum absolute atomic E-state index is 11.8. The Kier molecular flexibility index (Phi) is 3.41. The molecule has 2 rings (SSSR count). The van der Waals surface area contributed by atoms with Crippen molar-refractivity contribution in [2.75, 3.05) is 7.11 Å². The average molecular weight is 245 g/mol. The molecule has 0 radical (unpaired) electrons. The van der Waals surface area contributed by atoms with Gasteiger partial charge in [0.15, 0.2) is 5.78 Å². The van der Waals surface area contributed by atoms with E-state index < -0.39 is 0 Å². The van der Waals surface area contributed by atoms with Gasteiger partial charge in [0, 0.05) is 28.7 Å². The van der Waals surface area contributed by atoms with Crippen molar-refractivity contribution in [3.8, 4) is 5.75 Å². The van der Waals surface area contributed by atoms with Crippen LogP contribution in [-0.2, 0) is 6.54 Å². The van der Waals surface area contributed by atoms with Gasteiger partial charge in [-0.3, -0.25) is 4.79 Å². The molecule has 0 atom stereocenters. The van der Waals surface area contributed by atoms with Gasteiger partial charge in [-0.25, -0.2) is 0 Å². The average Bonchev–Trinajstić information content (AvgIpc) is 2.62. The molecule has 0 aliphatic rings. The molecule has 0 bridgehead atoms. The van der Waals surface area contributed by atoms with Gasteiger partial charge in [0.2, 0.25) is 0 Å². The van der Waals surface area contributed by atoms with Crippen LogP contribution in [0.25, 0.3) is 10.9 Å². The molecule has 0 spiro atoms. The Balaban J connectivity index is 2.79. The van der Waals surface area contributed by atoms with Crippen molar-refractivity contribution in [2.24, 2.45) is 0 Å². The highest BCUT2D eigenvalue weighted by molar-refractivity contribution is 6.08. The van der Waals surface area contributed by atoms with Crippen molar-refractivity contribution < 1.29 is 9.53 Å². The van der Waals surface area contributed by atoms with Gasteiger partial charge < -0.3 is 9.30 Å². The van der Waals surface area contributed by atoms with Gasteiger partial charge in [0.25, 0.3) is 0 Å². The maximum atomic E-state index is 11.8. The van der Waals surface area contributed by atoms with Crippen LogP contribution in [0, 0.1) is 6.92 Å². The summed E-state index contributed by atoms with van der Waals surface area (Å²) in [7, 11) is 1.64. The molecule has 3 nitrogen and oxygen atoms in total. The van der Waals surface area contributed by atoms with Crippen LogP contribution in [0.15, 0.2) is 18.2 Å². The first-order chi connectivity index (χ1) is 8.60. The number of ketones is 1. The lowest BCUT2D eigenvalue weighted by Gasteiger charge is -2.06. The number of hydrogen-bond donors (Lipinski definition) is 0. The van der Waals surface area contributed by atoms with E-state index in [1.54, 1.807) is 14.0 Å². The predicted molar refractivity (Wildman–Crippen MR) is 73.5 cm³/mol. The second-order valence-electron chi connectivity index (χ2n) is 4.55. The normalized spacial score (nSPS) is 10.9. The number of Topliss-reactive ketones (excluding diaryl/α,β-unsaturated/α-hetero) is 1. The lowest BCUT2D eigenvalue weighted by molar-refractivity contribution is 0.101. The van der Waals surface area contributed by atoms with E-state index in [9.17, 15) is 4.79 Å². The largest absolute Gasteiger partial charge is 0.497 e. The summed E-state index contributed by atoms with van der Waals surface area (Å²) in [4.78, 5) is 11.8. The zero-order chi connectivity index (χ0) is 13.3. The minimum atomic E-state index is 0.112. The zero-order valence-electron chi connectivity index (χ0n) is 11.4. The summed E-state index contributed by atoms with van der Waals surface area (Å²) >= 11 is 0. The fourth-order valence-electron chi connectivity index (χ4n) is 2.54. The minimum Gasteiger partial charge on any atom is -0.497 e. The van der Waals surface area contributed by atoms with E-state index in [2.05, 4.69) is 11.5 Å². The van der Waals surface area contributed by atoms with E-state index >= 15 is 0 Å². The fraction of sp³-hybridized carbons (Fsp3) is 0.400. The molecule has 1 aromatic heterocycles. The number of ether oxygens (including phenoxy) is 1. The van der Waals surface area contributed by atoms with E-state index in [1.807, 2.05) is 25.1 Å². The summed E-state index contributed by atoms with van der Waals surface area (Å²) in [6.45, 7) is 6.71. The number of aryl methyl sites for hydroxylation is 1. The molecule has 0 fully saturated rings. The number of methoxy groups -OCH3 is 1. The van der Waals surface area contributed by atoms with Crippen molar-refractivity contribution in [3.05, 3.63) is 29.5 Å². The third-order valence-corrected chi connectivity index (χ3v) is 3.33. The summed E-state index contributed by atoms with van der Waals surface area (Å²) in [6.07, 6.45) is 1.05. The van der Waals surface area contributed by atoms with E-state index in [4.69, 9.17) is 4.74 Å². The highest BCUT2D eigenvalue weighted by atomic mass is 16.5. The van der Waals surface area contributed by atoms with Crippen LogP contribution < -0.4 is 4.74 Å². The Morgan fingerprint density at radius 2 is 2.11 bits per heavy atom. The second kappa shape index (κ2) is 4.84. The van der Waals surface area contributed by atoms with Gasteiger partial charge in [-0.15, -0.1) is 0 Å². The van der Waals surface area contributed by atoms with Gasteiger partial charge in [-0.05, 0) is 38.5 Å². The number of rotatable bonds is 4. The van der Waals surface area contributed by atoms with Crippen LogP contribution in [0.1, 0.15) is 36.3 Å². The van der Waals surface area contributed by atoms with Gasteiger partial charge in [-0.2, -0.15) is 0 Å². The highest BCUT2D eigenvalue weighted by Gasteiger charge is 2.17. The van der Waals surface area contributed by atoms with Crippen molar-refractivity contribution >= 4 is 16.7 Å². The lowest BCUT2D eigenvalue weighted by Crippen LogP contribution is -2.01. The Morgan fingerprint density at radius 1 is 1.39 bits per heavy atom. The molecule has 1 heterocycles. The zero-order valence-corrected chi connectivity index (χ0v) is 11.4. The van der Waals surface area contributed by atoms with E-state index in [1.165, 1.54) is 0 Å². The first-order valence-corrected chi connectivity index (χ1v) is 6.28. The Bertz CT molecular complexity index is 596. The predicted octanol–water partition coefficient (Wildman–Crippen LogP) is 3.57. The third-order valence-electron chi connectivity index (χ3n) is 3.33. The fourth-order valence-corrected chi connectivity index (χ4v) is 2.54. The minimum absolute atomic E-state index is 0.112. The van der Waals surface area contributed by atoms with Crippen LogP contribution >= 0.6 is 0 Å². The van der Waals surface area contributed by atoms with Crippen LogP contribution in [0.5, 0.6) is 5.75 Å². The number of nitrogens with zero attached hydrogens (tertiary/aromatic N) is 1. The number of carbonyl (C=O) groups excluding carboxylic acids is 1. The molecule has 96 valence electrons. The van der Waals surface area contributed by atoms with E-state index in [-0.39, 0.29) is 5.78 Å². The first-order valence-electron chi connectivity index (χ1n) is 6.28. The molecule has 0 saturated carbocycles. The molecular formula is C15H19NO2. The molecule has 1 aromatic carbocycles. The third kappa shape index (κ3) is 1.90. The molecular weight excluding hydrogens is 226 g/mol. The van der Waals surface area contributed by atoms with Crippen molar-refractivity contribution in [3.63, 3.8) is 0 Å². The molecule has 2 aromatic rings. The lowest BCUT2D eigenvalue weighted by atomic mass is 10.1. The van der Waals surface area contributed by atoms with Crippen LogP contribution in [-0.4, -0.2) is 17.5 Å². The SMILES string of the molecule is CCCn1c(C)c(C(C)=O)c2cc(OC)ccc21. The Labute approximate surface area is 107 Å². The van der Waals surface area contributed by atoms with E-state index in [0.29, 0.717) is 0 Å². The smallest absolute Gasteiger partial charge is 0.162 e. The number of aromatic nitrogens is 1. The van der Waals surface area contributed by atoms with Gasteiger partial charge in [0.1, 0.15) is 5.75 Å². The Morgan fingerprint density at radius 3 is 2.67 bits per heavy atom. The van der Waals surface area contributed by atoms with Gasteiger partial charge >= 0.3 is 0 Å². The molecule has 0 aliphatic heterocycles. The van der Waals surface area contributed by atoms with Crippen molar-refractivity contribution in [1.29, 1.82) is 0 Å². The number of fused-ring (bicyclic) bond motifs is 1. The van der Waals surface area contributed by atoms with Crippen LogP contribution in [0.4, 0.5) is 0 Å². The van der Waals surface area contributed by atoms with Crippen molar-refractivity contribution in [2.45, 2.75) is 33.7 Å². The van der Waals surface area contributed by atoms with Gasteiger partial charge in [-0.1, -0.05) is 6.92 Å². The van der Waals surface area contributed by atoms with Crippen LogP contribution in [0.3, 0.4) is 0 Å². The topological polar surface area (TPSA) is 31.2 Å². The highest BCUT2D eigenvalue weighted by Crippen LogP contribution is 2.29. The molecule has 18 heavy (non-hydrogen) atoms. The van der Waals surface area contributed by atoms with E-state index in [0.717, 1.165) is 40.9 Å². The molecule has 0 saturated heterocycles. The summed E-state index contributed by atoms with van der Waals surface area (Å²) in [5, 5.41) is 0.993. The second-order valence-corrected chi connectivity index (χ2v) is 4.55. The monoisotopic (exact) mass is 245 g/mol. The molecule has 3 heteroatoms. The molecule has 0 aliphatic carbocycles. The number of benzene rings is 1. The summed E-state index contributed by atoms with van der Waals surface area (Å²) in [6, 6.07) is 5.92. The van der Waals surface area contributed by atoms with Crippen molar-refractivity contribution in [1.82, 2.24) is 4.57 Å². The summed E-state index contributed by atoms with van der Waals surface area (Å²) in [5.41, 5.74) is 2.98. The molecule has 0 amide bonds. The standard InChI is InChI=1S/C15H19NO2/c1-5-8-16-10(2)15(11(3)17)13-9-12(18-4)6-7-14(13)16/h6-7,9H,5,8H2,1-4H3. The molecule has 0 unspecified atom stereocenters.